The lowest BCUT2D eigenvalue weighted by molar-refractivity contribution is -0.135. The number of nitrogens with zero attached hydrogens (tertiary/aromatic N) is 2. The highest BCUT2D eigenvalue weighted by molar-refractivity contribution is 7.89. The van der Waals surface area contributed by atoms with Gasteiger partial charge in [0.2, 0.25) is 15.9 Å². The lowest BCUT2D eigenvalue weighted by Gasteiger charge is -2.31. The molecule has 152 valence electrons. The van der Waals surface area contributed by atoms with Crippen molar-refractivity contribution in [2.75, 3.05) is 6.54 Å². The number of aliphatic hydroxyl groups excluding tert-OH is 1. The number of fused-ring (bicyclic) bond motifs is 1. The molecular formula is C18H24N4O5S. The number of aromatic nitrogens is 1. The zero-order valence-electron chi connectivity index (χ0n) is 15.8. The van der Waals surface area contributed by atoms with Crippen molar-refractivity contribution in [3.63, 3.8) is 0 Å². The fraction of sp³-hybridized carbons (Fsp3) is 0.444. The second kappa shape index (κ2) is 8.00. The molecule has 0 aliphatic carbocycles. The summed E-state index contributed by atoms with van der Waals surface area (Å²) in [6, 6.07) is 5.54. The Bertz CT molecular complexity index is 970. The van der Waals surface area contributed by atoms with Crippen molar-refractivity contribution in [2.45, 2.75) is 50.4 Å². The topological polar surface area (TPSA) is 139 Å². The molecule has 9 nitrogen and oxygen atoms in total. The molecule has 1 aromatic heterocycles. The smallest absolute Gasteiger partial charge is 0.242 e. The van der Waals surface area contributed by atoms with Gasteiger partial charge in [-0.1, -0.05) is 11.2 Å². The first-order valence-electron chi connectivity index (χ1n) is 8.93. The van der Waals surface area contributed by atoms with E-state index in [0.29, 0.717) is 31.0 Å². The molecule has 0 saturated carbocycles. The first-order valence-corrected chi connectivity index (χ1v) is 10.4. The van der Waals surface area contributed by atoms with Crippen LogP contribution in [0.1, 0.15) is 29.5 Å². The maximum absolute atomic E-state index is 12.6. The number of hydrogen-bond donors (Lipinski definition) is 3. The van der Waals surface area contributed by atoms with Gasteiger partial charge in [0.15, 0.2) is 0 Å². The molecular weight excluding hydrogens is 384 g/mol. The molecule has 2 heterocycles. The first kappa shape index (κ1) is 20.5. The number of aryl methyl sites for hydroxylation is 1. The van der Waals surface area contributed by atoms with Crippen LogP contribution >= 0.6 is 0 Å². The van der Waals surface area contributed by atoms with Gasteiger partial charge in [-0.05, 0) is 43.5 Å². The molecule has 1 aliphatic heterocycles. The Morgan fingerprint density at radius 3 is 2.79 bits per heavy atom. The second-order valence-electron chi connectivity index (χ2n) is 6.96. The van der Waals surface area contributed by atoms with E-state index in [1.165, 1.54) is 13.0 Å². The van der Waals surface area contributed by atoms with Crippen molar-refractivity contribution in [2.24, 2.45) is 5.73 Å². The molecule has 0 fully saturated rings. The molecule has 4 N–H and O–H groups in total. The summed E-state index contributed by atoms with van der Waals surface area (Å²) < 4.78 is 32.5. The van der Waals surface area contributed by atoms with Crippen molar-refractivity contribution in [1.82, 2.24) is 14.8 Å². The number of aliphatic hydroxyl groups is 1. The number of carbonyl (C=O) groups excluding carboxylic acids is 1. The number of sulfonamides is 1. The molecule has 0 unspecified atom stereocenters. The number of carbonyl (C=O) groups is 1. The average Bonchev–Trinajstić information content (AvgIpc) is 3.09. The van der Waals surface area contributed by atoms with E-state index in [2.05, 4.69) is 9.88 Å². The maximum atomic E-state index is 12.6. The summed E-state index contributed by atoms with van der Waals surface area (Å²) in [6.07, 6.45) is -0.416. The van der Waals surface area contributed by atoms with Crippen LogP contribution in [-0.4, -0.2) is 48.2 Å². The van der Waals surface area contributed by atoms with Crippen molar-refractivity contribution in [3.8, 4) is 0 Å². The van der Waals surface area contributed by atoms with Crippen LogP contribution in [0.15, 0.2) is 33.7 Å². The Hall–Kier alpha value is -2.27. The van der Waals surface area contributed by atoms with Crippen LogP contribution in [0.5, 0.6) is 0 Å². The highest BCUT2D eigenvalue weighted by Gasteiger charge is 2.28. The number of hydrogen-bond acceptors (Lipinski definition) is 7. The van der Waals surface area contributed by atoms with E-state index in [9.17, 15) is 18.3 Å². The third-order valence-electron chi connectivity index (χ3n) is 4.74. The quantitative estimate of drug-likeness (QED) is 0.614. The first-order chi connectivity index (χ1) is 13.2. The van der Waals surface area contributed by atoms with E-state index >= 15 is 0 Å². The number of benzene rings is 1. The van der Waals surface area contributed by atoms with Crippen LogP contribution in [0.4, 0.5) is 0 Å². The SMILES string of the molecule is Cc1cc(CNS(=O)(=O)c2ccc3c(c2)CCN(C(=O)[C@@H](N)[C@@H](C)O)C3)no1. The molecule has 3 rings (SSSR count). The van der Waals surface area contributed by atoms with Gasteiger partial charge in [0, 0.05) is 19.2 Å². The number of nitrogens with two attached hydrogens (primary N) is 1. The lowest BCUT2D eigenvalue weighted by Crippen LogP contribution is -2.50. The summed E-state index contributed by atoms with van der Waals surface area (Å²) in [5.74, 6) is 0.291. The summed E-state index contributed by atoms with van der Waals surface area (Å²) in [5, 5.41) is 13.3. The van der Waals surface area contributed by atoms with Crippen LogP contribution in [-0.2, 0) is 34.3 Å². The van der Waals surface area contributed by atoms with Gasteiger partial charge >= 0.3 is 0 Å². The number of nitrogens with one attached hydrogen (secondary N) is 1. The molecule has 0 spiro atoms. The minimum Gasteiger partial charge on any atom is -0.391 e. The maximum Gasteiger partial charge on any atom is 0.242 e. The number of rotatable bonds is 6. The van der Waals surface area contributed by atoms with E-state index in [0.717, 1.165) is 11.1 Å². The third-order valence-corrected chi connectivity index (χ3v) is 6.14. The molecule has 1 aliphatic rings. The molecule has 0 saturated heterocycles. The van der Waals surface area contributed by atoms with Gasteiger partial charge in [0.25, 0.3) is 0 Å². The Balaban J connectivity index is 1.71. The lowest BCUT2D eigenvalue weighted by atomic mass is 9.99. The van der Waals surface area contributed by atoms with E-state index < -0.39 is 22.2 Å². The van der Waals surface area contributed by atoms with E-state index in [1.807, 2.05) is 0 Å². The zero-order valence-corrected chi connectivity index (χ0v) is 16.6. The molecule has 10 heteroatoms. The molecule has 2 aromatic rings. The monoisotopic (exact) mass is 408 g/mol. The highest BCUT2D eigenvalue weighted by atomic mass is 32.2. The molecule has 28 heavy (non-hydrogen) atoms. The predicted octanol–water partition coefficient (Wildman–Crippen LogP) is 0.0543. The standard InChI is InChI=1S/C18H24N4O5S/c1-11-7-15(21-27-11)9-20-28(25,26)16-4-3-14-10-22(6-5-13(14)8-16)18(24)17(19)12(2)23/h3-4,7-8,12,17,20,23H,5-6,9-10,19H2,1-2H3/t12-,17+/m1/s1. The molecule has 1 aromatic carbocycles. The van der Waals surface area contributed by atoms with E-state index in [1.54, 1.807) is 30.0 Å². The van der Waals surface area contributed by atoms with Crippen LogP contribution < -0.4 is 10.5 Å². The van der Waals surface area contributed by atoms with Gasteiger partial charge in [-0.2, -0.15) is 0 Å². The summed E-state index contributed by atoms with van der Waals surface area (Å²) in [7, 11) is -3.70. The van der Waals surface area contributed by atoms with Crippen LogP contribution in [0.25, 0.3) is 0 Å². The summed E-state index contributed by atoms with van der Waals surface area (Å²) in [6.45, 7) is 4.00. The molecule has 0 radical (unpaired) electrons. The van der Waals surface area contributed by atoms with Gasteiger partial charge in [-0.25, -0.2) is 13.1 Å². The predicted molar refractivity (Wildman–Crippen MR) is 100 cm³/mol. The Morgan fingerprint density at radius 2 is 2.14 bits per heavy atom. The third kappa shape index (κ3) is 4.41. The van der Waals surface area contributed by atoms with Crippen LogP contribution in [0, 0.1) is 6.92 Å². The van der Waals surface area contributed by atoms with E-state index in [4.69, 9.17) is 10.3 Å². The van der Waals surface area contributed by atoms with Crippen molar-refractivity contribution < 1.29 is 22.8 Å². The Morgan fingerprint density at radius 1 is 1.39 bits per heavy atom. The van der Waals surface area contributed by atoms with Gasteiger partial charge in [0.05, 0.1) is 23.2 Å². The minimum atomic E-state index is -3.70. The fourth-order valence-electron chi connectivity index (χ4n) is 3.06. The van der Waals surface area contributed by atoms with Gasteiger partial charge in [-0.3, -0.25) is 4.79 Å². The molecule has 0 bridgehead atoms. The van der Waals surface area contributed by atoms with Crippen LogP contribution in [0.3, 0.4) is 0 Å². The number of amides is 1. The molecule has 1 amide bonds. The average molecular weight is 408 g/mol. The molecule has 2 atom stereocenters. The van der Waals surface area contributed by atoms with Crippen molar-refractivity contribution in [1.29, 1.82) is 0 Å². The highest BCUT2D eigenvalue weighted by Crippen LogP contribution is 2.23. The minimum absolute atomic E-state index is 0.0380. The van der Waals surface area contributed by atoms with Crippen molar-refractivity contribution in [3.05, 3.63) is 46.8 Å². The van der Waals surface area contributed by atoms with Gasteiger partial charge in [-0.15, -0.1) is 0 Å². The Labute approximate surface area is 163 Å². The zero-order chi connectivity index (χ0) is 20.5. The van der Waals surface area contributed by atoms with Crippen LogP contribution in [0.2, 0.25) is 0 Å². The van der Waals surface area contributed by atoms with Gasteiger partial charge in [0.1, 0.15) is 11.8 Å². The summed E-state index contributed by atoms with van der Waals surface area (Å²) in [5.41, 5.74) is 7.97. The van der Waals surface area contributed by atoms with Gasteiger partial charge < -0.3 is 20.3 Å². The summed E-state index contributed by atoms with van der Waals surface area (Å²) in [4.78, 5) is 14.1. The summed E-state index contributed by atoms with van der Waals surface area (Å²) >= 11 is 0. The van der Waals surface area contributed by atoms with Crippen molar-refractivity contribution >= 4 is 15.9 Å². The second-order valence-corrected chi connectivity index (χ2v) is 8.73. The Kier molecular flexibility index (Phi) is 5.84. The normalized spacial score (nSPS) is 16.5. The fourth-order valence-corrected chi connectivity index (χ4v) is 4.10. The van der Waals surface area contributed by atoms with E-state index in [-0.39, 0.29) is 17.3 Å². The largest absolute Gasteiger partial charge is 0.391 e.